The standard InChI is InChI=1S/C21H23NO3/c1-25-15-16-9-11-18(12-10-16)21(24)22-13-5-8-19(22)14-20(23)17-6-3-2-4-7-17/h2-4,6-7,9-12,19H,5,8,13-15H2,1H3. The molecule has 0 N–H and O–H groups in total. The van der Waals surface area contributed by atoms with E-state index in [2.05, 4.69) is 0 Å². The smallest absolute Gasteiger partial charge is 0.254 e. The molecule has 1 atom stereocenters. The highest BCUT2D eigenvalue weighted by molar-refractivity contribution is 5.98. The molecule has 4 nitrogen and oxygen atoms in total. The Morgan fingerprint density at radius 2 is 1.76 bits per heavy atom. The summed E-state index contributed by atoms with van der Waals surface area (Å²) in [7, 11) is 1.65. The van der Waals surface area contributed by atoms with Crippen molar-refractivity contribution in [2.45, 2.75) is 31.9 Å². The van der Waals surface area contributed by atoms with E-state index in [1.807, 2.05) is 59.5 Å². The van der Waals surface area contributed by atoms with Crippen LogP contribution in [0, 0.1) is 0 Å². The molecular formula is C21H23NO3. The van der Waals surface area contributed by atoms with E-state index in [9.17, 15) is 9.59 Å². The lowest BCUT2D eigenvalue weighted by atomic mass is 10.0. The third-order valence-electron chi connectivity index (χ3n) is 4.67. The van der Waals surface area contributed by atoms with E-state index in [1.165, 1.54) is 0 Å². The summed E-state index contributed by atoms with van der Waals surface area (Å²) in [6.45, 7) is 1.25. The van der Waals surface area contributed by atoms with Gasteiger partial charge in [-0.3, -0.25) is 9.59 Å². The van der Waals surface area contributed by atoms with E-state index < -0.39 is 0 Å². The van der Waals surface area contributed by atoms with Crippen LogP contribution in [0.3, 0.4) is 0 Å². The number of hydrogen-bond donors (Lipinski definition) is 0. The SMILES string of the molecule is COCc1ccc(C(=O)N2CCCC2CC(=O)c2ccccc2)cc1. The van der Waals surface area contributed by atoms with Gasteiger partial charge in [-0.15, -0.1) is 0 Å². The Hall–Kier alpha value is -2.46. The number of rotatable bonds is 6. The number of carbonyl (C=O) groups is 2. The number of nitrogens with zero attached hydrogens (tertiary/aromatic N) is 1. The van der Waals surface area contributed by atoms with Gasteiger partial charge in [0.2, 0.25) is 0 Å². The summed E-state index contributed by atoms with van der Waals surface area (Å²) >= 11 is 0. The fraction of sp³-hybridized carbons (Fsp3) is 0.333. The van der Waals surface area contributed by atoms with Gasteiger partial charge in [-0.25, -0.2) is 0 Å². The van der Waals surface area contributed by atoms with E-state index in [-0.39, 0.29) is 17.7 Å². The Labute approximate surface area is 148 Å². The molecule has 25 heavy (non-hydrogen) atoms. The maximum absolute atomic E-state index is 12.8. The zero-order chi connectivity index (χ0) is 17.6. The number of benzene rings is 2. The van der Waals surface area contributed by atoms with E-state index in [0.29, 0.717) is 30.7 Å². The monoisotopic (exact) mass is 337 g/mol. The molecule has 2 aromatic carbocycles. The zero-order valence-electron chi connectivity index (χ0n) is 14.5. The molecule has 0 spiro atoms. The van der Waals surface area contributed by atoms with Crippen LogP contribution in [-0.4, -0.2) is 36.3 Å². The molecule has 1 unspecified atom stereocenters. The number of hydrogen-bond acceptors (Lipinski definition) is 3. The first-order chi connectivity index (χ1) is 12.2. The summed E-state index contributed by atoms with van der Waals surface area (Å²) in [6, 6.07) is 16.8. The van der Waals surface area contributed by atoms with Crippen molar-refractivity contribution in [2.24, 2.45) is 0 Å². The second-order valence-corrected chi connectivity index (χ2v) is 6.42. The Balaban J connectivity index is 1.68. The number of Topliss-reactive ketones (excluding diaryl/α,β-unsaturated/α-hetero) is 1. The maximum Gasteiger partial charge on any atom is 0.254 e. The molecule has 1 aliphatic heterocycles. The third kappa shape index (κ3) is 4.15. The summed E-state index contributed by atoms with van der Waals surface area (Å²) in [5.74, 6) is 0.105. The molecule has 1 heterocycles. The van der Waals surface area contributed by atoms with Crippen LogP contribution in [0.4, 0.5) is 0 Å². The summed E-state index contributed by atoms with van der Waals surface area (Å²) in [5, 5.41) is 0. The lowest BCUT2D eigenvalue weighted by molar-refractivity contribution is 0.0717. The van der Waals surface area contributed by atoms with Gasteiger partial charge in [0.05, 0.1) is 6.61 Å². The van der Waals surface area contributed by atoms with Crippen LogP contribution < -0.4 is 0 Å². The van der Waals surface area contributed by atoms with Crippen molar-refractivity contribution in [1.82, 2.24) is 4.90 Å². The normalized spacial score (nSPS) is 16.8. The van der Waals surface area contributed by atoms with E-state index in [0.717, 1.165) is 18.4 Å². The predicted octanol–water partition coefficient (Wildman–Crippen LogP) is 3.71. The van der Waals surface area contributed by atoms with Crippen molar-refractivity contribution in [3.8, 4) is 0 Å². The van der Waals surface area contributed by atoms with E-state index >= 15 is 0 Å². The highest BCUT2D eigenvalue weighted by Crippen LogP contribution is 2.24. The van der Waals surface area contributed by atoms with Crippen LogP contribution in [0.1, 0.15) is 45.5 Å². The highest BCUT2D eigenvalue weighted by Gasteiger charge is 2.31. The molecule has 130 valence electrons. The van der Waals surface area contributed by atoms with Crippen molar-refractivity contribution in [3.63, 3.8) is 0 Å². The van der Waals surface area contributed by atoms with Gasteiger partial charge < -0.3 is 9.64 Å². The van der Waals surface area contributed by atoms with Crippen molar-refractivity contribution in [1.29, 1.82) is 0 Å². The average molecular weight is 337 g/mol. The lowest BCUT2D eigenvalue weighted by Crippen LogP contribution is -2.36. The Morgan fingerprint density at radius 3 is 2.44 bits per heavy atom. The number of ketones is 1. The van der Waals surface area contributed by atoms with Gasteiger partial charge in [-0.05, 0) is 30.5 Å². The molecule has 4 heteroatoms. The molecule has 0 aliphatic carbocycles. The molecule has 2 aromatic rings. The summed E-state index contributed by atoms with van der Waals surface area (Å²) in [6.07, 6.45) is 2.21. The quantitative estimate of drug-likeness (QED) is 0.755. The van der Waals surface area contributed by atoms with Gasteiger partial charge in [-0.2, -0.15) is 0 Å². The first kappa shape index (κ1) is 17.4. The minimum Gasteiger partial charge on any atom is -0.380 e. The van der Waals surface area contributed by atoms with Crippen LogP contribution in [0.5, 0.6) is 0 Å². The Bertz CT molecular complexity index is 725. The third-order valence-corrected chi connectivity index (χ3v) is 4.67. The second-order valence-electron chi connectivity index (χ2n) is 6.42. The number of amides is 1. The zero-order valence-corrected chi connectivity index (χ0v) is 14.5. The van der Waals surface area contributed by atoms with Gasteiger partial charge in [0.15, 0.2) is 5.78 Å². The number of methoxy groups -OCH3 is 1. The molecule has 1 amide bonds. The van der Waals surface area contributed by atoms with Crippen molar-refractivity contribution in [2.75, 3.05) is 13.7 Å². The van der Waals surface area contributed by atoms with Crippen molar-refractivity contribution < 1.29 is 14.3 Å². The molecular weight excluding hydrogens is 314 g/mol. The minimum absolute atomic E-state index is 0.00679. The molecule has 0 aromatic heterocycles. The fourth-order valence-electron chi connectivity index (χ4n) is 3.35. The highest BCUT2D eigenvalue weighted by atomic mass is 16.5. The molecule has 0 radical (unpaired) electrons. The maximum atomic E-state index is 12.8. The summed E-state index contributed by atoms with van der Waals surface area (Å²) in [4.78, 5) is 27.2. The molecule has 1 fully saturated rings. The molecule has 3 rings (SSSR count). The largest absolute Gasteiger partial charge is 0.380 e. The Kier molecular flexibility index (Phi) is 5.61. The number of likely N-dealkylation sites (tertiary alicyclic amines) is 1. The molecule has 0 bridgehead atoms. The van der Waals surface area contributed by atoms with Crippen molar-refractivity contribution in [3.05, 3.63) is 71.3 Å². The lowest BCUT2D eigenvalue weighted by Gasteiger charge is -2.24. The summed E-state index contributed by atoms with van der Waals surface area (Å²) < 4.78 is 5.10. The topological polar surface area (TPSA) is 46.6 Å². The average Bonchev–Trinajstić information content (AvgIpc) is 3.11. The molecule has 0 saturated carbocycles. The van der Waals surface area contributed by atoms with E-state index in [1.54, 1.807) is 7.11 Å². The van der Waals surface area contributed by atoms with Gasteiger partial charge in [0, 0.05) is 37.2 Å². The first-order valence-corrected chi connectivity index (χ1v) is 8.66. The van der Waals surface area contributed by atoms with Crippen LogP contribution in [-0.2, 0) is 11.3 Å². The van der Waals surface area contributed by atoms with Crippen LogP contribution in [0.2, 0.25) is 0 Å². The summed E-state index contributed by atoms with van der Waals surface area (Å²) in [5.41, 5.74) is 2.42. The van der Waals surface area contributed by atoms with Gasteiger partial charge in [-0.1, -0.05) is 42.5 Å². The second kappa shape index (κ2) is 8.08. The number of ether oxygens (including phenoxy) is 1. The minimum atomic E-state index is -0.0149. The fourth-order valence-corrected chi connectivity index (χ4v) is 3.35. The Morgan fingerprint density at radius 1 is 1.04 bits per heavy atom. The van der Waals surface area contributed by atoms with E-state index in [4.69, 9.17) is 4.74 Å². The van der Waals surface area contributed by atoms with Crippen LogP contribution in [0.25, 0.3) is 0 Å². The number of carbonyl (C=O) groups excluding carboxylic acids is 2. The van der Waals surface area contributed by atoms with Crippen LogP contribution >= 0.6 is 0 Å². The molecule has 1 saturated heterocycles. The predicted molar refractivity (Wildman–Crippen MR) is 96.6 cm³/mol. The first-order valence-electron chi connectivity index (χ1n) is 8.66. The van der Waals surface area contributed by atoms with Gasteiger partial charge in [0.25, 0.3) is 5.91 Å². The molecule has 1 aliphatic rings. The van der Waals surface area contributed by atoms with Crippen molar-refractivity contribution >= 4 is 11.7 Å². The van der Waals surface area contributed by atoms with Gasteiger partial charge in [0.1, 0.15) is 0 Å². The van der Waals surface area contributed by atoms with Gasteiger partial charge >= 0.3 is 0 Å². The van der Waals surface area contributed by atoms with Crippen LogP contribution in [0.15, 0.2) is 54.6 Å².